The summed E-state index contributed by atoms with van der Waals surface area (Å²) in [5.74, 6) is 0.0350. The Morgan fingerprint density at radius 2 is 2.12 bits per heavy atom. The maximum absolute atomic E-state index is 11.2. The van der Waals surface area contributed by atoms with Gasteiger partial charge in [0.2, 0.25) is 0 Å². The molecule has 0 radical (unpaired) electrons. The van der Waals surface area contributed by atoms with Crippen LogP contribution < -0.4 is 18.7 Å². The first kappa shape index (κ1) is 22.2. The number of nitrogens with zero attached hydrogens (tertiary/aromatic N) is 2. The summed E-state index contributed by atoms with van der Waals surface area (Å²) in [6, 6.07) is 10.9. The number of phosphoric acid groups is 1. The summed E-state index contributed by atoms with van der Waals surface area (Å²) in [6.07, 6.45) is 2.85. The minimum absolute atomic E-state index is 0.0601. The van der Waals surface area contributed by atoms with Crippen LogP contribution in [0.2, 0.25) is 0 Å². The zero-order valence-corrected chi connectivity index (χ0v) is 20.3. The van der Waals surface area contributed by atoms with Gasteiger partial charge in [-0.25, -0.2) is 0 Å². The van der Waals surface area contributed by atoms with Crippen LogP contribution in [-0.2, 0) is 15.9 Å². The third-order valence-electron chi connectivity index (χ3n) is 5.76. The molecule has 9 nitrogen and oxygen atoms in total. The molecule has 1 unspecified atom stereocenters. The van der Waals surface area contributed by atoms with E-state index in [1.165, 1.54) is 4.57 Å². The number of aryl methyl sites for hydroxylation is 1. The average molecular weight is 536 g/mol. The monoisotopic (exact) mass is 537 g/mol. The Kier molecular flexibility index (Phi) is 5.59. The van der Waals surface area contributed by atoms with Gasteiger partial charge in [-0.05, 0) is 0 Å². The second kappa shape index (κ2) is 8.31. The van der Waals surface area contributed by atoms with Gasteiger partial charge >= 0.3 is 196 Å². The Balaban J connectivity index is 1.52. The summed E-state index contributed by atoms with van der Waals surface area (Å²) in [4.78, 5) is 31.2. The maximum atomic E-state index is 11.2. The number of benzene rings is 2. The van der Waals surface area contributed by atoms with Gasteiger partial charge in [0.15, 0.2) is 0 Å². The molecule has 1 atom stereocenters. The molecule has 0 fully saturated rings. The summed E-state index contributed by atoms with van der Waals surface area (Å²) in [6.45, 7) is 3.21. The second-order valence-electron chi connectivity index (χ2n) is 7.90. The van der Waals surface area contributed by atoms with Crippen molar-refractivity contribution in [2.45, 2.75) is 26.0 Å². The molecule has 33 heavy (non-hydrogen) atoms. The van der Waals surface area contributed by atoms with E-state index < -0.39 is 13.8 Å². The van der Waals surface area contributed by atoms with Gasteiger partial charge in [-0.15, -0.1) is 0 Å². The average Bonchev–Trinajstić information content (AvgIpc) is 3.12. The van der Waals surface area contributed by atoms with Crippen molar-refractivity contribution in [1.82, 2.24) is 0 Å². The number of carbonyl (C=O) groups is 1. The summed E-state index contributed by atoms with van der Waals surface area (Å²) in [5, 5.41) is 9.17. The van der Waals surface area contributed by atoms with Crippen LogP contribution in [0.15, 0.2) is 36.4 Å². The van der Waals surface area contributed by atoms with Crippen LogP contribution in [-0.4, -0.2) is 54.6 Å². The number of ether oxygens (including phenoxy) is 1. The number of aliphatic carboxylic acids is 1. The number of hydrogen-bond acceptors (Lipinski definition) is 5. The van der Waals surface area contributed by atoms with Gasteiger partial charge in [0, 0.05) is 0 Å². The van der Waals surface area contributed by atoms with E-state index in [0.717, 1.165) is 45.3 Å². The number of anilines is 1. The SMILES string of the molecule is CCN(CC(=O)O)c1ccc2c(c1)OC1CC[n+]3c([se]c4cc(OP(=O)(O)O)ccc43)C1=C2. The number of fused-ring (bicyclic) bond motifs is 6. The number of hydrogen-bond donors (Lipinski definition) is 3. The van der Waals surface area contributed by atoms with Crippen LogP contribution in [0.25, 0.3) is 21.4 Å². The van der Waals surface area contributed by atoms with Gasteiger partial charge in [0.25, 0.3) is 0 Å². The minimum atomic E-state index is -4.61. The predicted molar refractivity (Wildman–Crippen MR) is 123 cm³/mol. The molecule has 0 amide bonds. The summed E-state index contributed by atoms with van der Waals surface area (Å²) < 4.78 is 26.8. The van der Waals surface area contributed by atoms with E-state index in [0.29, 0.717) is 6.54 Å². The molecule has 2 aromatic carbocycles. The molecule has 1 aromatic heterocycles. The standard InChI is InChI=1S/C22H21N2O7PSe/c1-2-23(12-21(25)26)14-4-3-13-9-16-18(30-19(13)10-14)7-8-24-17-6-5-15(31-32(27,28)29)11-20(17)33-22(16)24/h3-6,9-11,18H,2,7-8,12H2,1H3,(H2-,25,26,27,28,29)/p+1. The van der Waals surface area contributed by atoms with Gasteiger partial charge in [0.1, 0.15) is 0 Å². The van der Waals surface area contributed by atoms with Crippen molar-refractivity contribution in [3.05, 3.63) is 46.5 Å². The molecular weight excluding hydrogens is 514 g/mol. The third kappa shape index (κ3) is 4.33. The Morgan fingerprint density at radius 3 is 2.85 bits per heavy atom. The normalized spacial score (nSPS) is 16.8. The number of phosphoric ester groups is 1. The van der Waals surface area contributed by atoms with Crippen LogP contribution in [0.5, 0.6) is 11.5 Å². The molecular formula is C22H22N2O7PSe+. The van der Waals surface area contributed by atoms with Gasteiger partial charge in [0.05, 0.1) is 0 Å². The molecule has 0 saturated heterocycles. The zero-order chi connectivity index (χ0) is 23.3. The van der Waals surface area contributed by atoms with Crippen LogP contribution in [0.3, 0.4) is 0 Å². The second-order valence-corrected chi connectivity index (χ2v) is 11.2. The predicted octanol–water partition coefficient (Wildman–Crippen LogP) is 2.27. The van der Waals surface area contributed by atoms with E-state index >= 15 is 0 Å². The first-order valence-electron chi connectivity index (χ1n) is 10.4. The number of carboxylic acids is 1. The van der Waals surface area contributed by atoms with E-state index in [2.05, 4.69) is 10.6 Å². The van der Waals surface area contributed by atoms with E-state index in [9.17, 15) is 9.36 Å². The Hall–Kier alpha value is -2.61. The number of rotatable bonds is 6. The van der Waals surface area contributed by atoms with Crippen molar-refractivity contribution in [2.24, 2.45) is 0 Å². The molecule has 5 rings (SSSR count). The molecule has 3 N–H and O–H groups in total. The van der Waals surface area contributed by atoms with E-state index in [1.54, 1.807) is 17.0 Å². The van der Waals surface area contributed by atoms with Crippen molar-refractivity contribution in [3.8, 4) is 11.5 Å². The van der Waals surface area contributed by atoms with E-state index in [-0.39, 0.29) is 32.9 Å². The molecule has 172 valence electrons. The van der Waals surface area contributed by atoms with E-state index in [1.807, 2.05) is 31.2 Å². The fourth-order valence-electron chi connectivity index (χ4n) is 4.33. The van der Waals surface area contributed by atoms with Gasteiger partial charge in [-0.3, -0.25) is 0 Å². The molecule has 11 heteroatoms. The van der Waals surface area contributed by atoms with Gasteiger partial charge in [-0.2, -0.15) is 0 Å². The molecule has 0 saturated carbocycles. The molecule has 2 aliphatic rings. The van der Waals surface area contributed by atoms with Gasteiger partial charge < -0.3 is 0 Å². The quantitative estimate of drug-likeness (QED) is 0.250. The van der Waals surface area contributed by atoms with Crippen molar-refractivity contribution < 1.29 is 38.1 Å². The fourth-order valence-corrected chi connectivity index (χ4v) is 7.39. The number of likely N-dealkylation sites (N-methyl/N-ethyl adjacent to an activating group) is 1. The topological polar surface area (TPSA) is 120 Å². The summed E-state index contributed by atoms with van der Waals surface area (Å²) >= 11 is -0.0601. The van der Waals surface area contributed by atoms with Crippen molar-refractivity contribution in [3.63, 3.8) is 0 Å². The van der Waals surface area contributed by atoms with E-state index in [4.69, 9.17) is 24.2 Å². The number of aromatic nitrogens is 1. The zero-order valence-electron chi connectivity index (χ0n) is 17.7. The first-order valence-corrected chi connectivity index (χ1v) is 13.7. The molecule has 3 heterocycles. The Labute approximate surface area is 195 Å². The first-order chi connectivity index (χ1) is 15.7. The summed E-state index contributed by atoms with van der Waals surface area (Å²) in [7, 11) is -4.61. The number of carboxylic acid groups (broad SMARTS) is 1. The van der Waals surface area contributed by atoms with Crippen molar-refractivity contribution in [1.29, 1.82) is 0 Å². The van der Waals surface area contributed by atoms with Crippen LogP contribution in [0, 0.1) is 0 Å². The van der Waals surface area contributed by atoms with Crippen molar-refractivity contribution in [2.75, 3.05) is 18.0 Å². The third-order valence-corrected chi connectivity index (χ3v) is 8.72. The van der Waals surface area contributed by atoms with Crippen LogP contribution in [0.1, 0.15) is 23.5 Å². The molecule has 3 aromatic rings. The molecule has 0 bridgehead atoms. The Morgan fingerprint density at radius 1 is 1.30 bits per heavy atom. The van der Waals surface area contributed by atoms with Crippen LogP contribution >= 0.6 is 7.82 Å². The van der Waals surface area contributed by atoms with Gasteiger partial charge in [-0.1, -0.05) is 0 Å². The summed E-state index contributed by atoms with van der Waals surface area (Å²) in [5.41, 5.74) is 3.92. The van der Waals surface area contributed by atoms with Crippen molar-refractivity contribution >= 4 is 55.4 Å². The fraction of sp³-hybridized carbons (Fsp3) is 0.273. The molecule has 2 aliphatic heterocycles. The molecule has 0 aliphatic carbocycles. The Bertz CT molecular complexity index is 1350. The molecule has 0 spiro atoms. The van der Waals surface area contributed by atoms with Crippen LogP contribution in [0.4, 0.5) is 5.69 Å².